The summed E-state index contributed by atoms with van der Waals surface area (Å²) in [7, 11) is 4.03. The third kappa shape index (κ3) is 6.06. The maximum atomic E-state index is 9.06. The lowest BCUT2D eigenvalue weighted by molar-refractivity contribution is 0.141. The first-order chi connectivity index (χ1) is 14.6. The number of hydrogen-bond donors (Lipinski definition) is 2. The lowest BCUT2D eigenvalue weighted by Crippen LogP contribution is -2.33. The van der Waals surface area contributed by atoms with E-state index in [-0.39, 0.29) is 13.2 Å². The van der Waals surface area contributed by atoms with Gasteiger partial charge in [-0.3, -0.25) is 4.90 Å². The molecule has 3 aromatic rings. The van der Waals surface area contributed by atoms with Gasteiger partial charge in [-0.05, 0) is 35.9 Å². The molecule has 0 aliphatic heterocycles. The Morgan fingerprint density at radius 2 is 1.70 bits per heavy atom. The molecule has 2 N–H and O–H groups in total. The molecule has 7 heteroatoms. The second-order valence-electron chi connectivity index (χ2n) is 7.14. The van der Waals surface area contributed by atoms with Crippen LogP contribution in [0.3, 0.4) is 0 Å². The number of nitrogens with zero attached hydrogens (tertiary/aromatic N) is 3. The number of rotatable bonds is 11. The van der Waals surface area contributed by atoms with E-state index in [1.54, 1.807) is 0 Å². The second kappa shape index (κ2) is 10.8. The minimum atomic E-state index is 0.0557. The highest BCUT2D eigenvalue weighted by molar-refractivity contribution is 5.77. The van der Waals surface area contributed by atoms with E-state index in [9.17, 15) is 0 Å². The van der Waals surface area contributed by atoms with Crippen LogP contribution in [0.5, 0.6) is 5.75 Å². The molecule has 0 atom stereocenters. The van der Waals surface area contributed by atoms with E-state index < -0.39 is 0 Å². The molecule has 0 spiro atoms. The van der Waals surface area contributed by atoms with E-state index in [1.807, 2.05) is 49.3 Å². The van der Waals surface area contributed by atoms with E-state index in [2.05, 4.69) is 34.1 Å². The number of hydrogen-bond acceptors (Lipinski definition) is 7. The molecule has 2 aromatic carbocycles. The fourth-order valence-electron chi connectivity index (χ4n) is 3.05. The molecule has 160 valence electrons. The third-order valence-electron chi connectivity index (χ3n) is 4.71. The first kappa shape index (κ1) is 21.8. The van der Waals surface area contributed by atoms with Crippen LogP contribution in [0.2, 0.25) is 0 Å². The number of oxazole rings is 1. The van der Waals surface area contributed by atoms with Gasteiger partial charge >= 0.3 is 0 Å². The van der Waals surface area contributed by atoms with Gasteiger partial charge in [0.2, 0.25) is 5.89 Å². The number of ether oxygens (including phenoxy) is 1. The van der Waals surface area contributed by atoms with Crippen LogP contribution in [0.4, 0.5) is 5.69 Å². The molecule has 0 aliphatic rings. The van der Waals surface area contributed by atoms with Crippen molar-refractivity contribution in [3.05, 3.63) is 53.9 Å². The summed E-state index contributed by atoms with van der Waals surface area (Å²) in [6, 6.07) is 13.8. The molecule has 0 unspecified atom stereocenters. The largest absolute Gasteiger partial charge is 0.492 e. The molecule has 0 saturated heterocycles. The highest BCUT2D eigenvalue weighted by Crippen LogP contribution is 2.23. The summed E-state index contributed by atoms with van der Waals surface area (Å²) in [4.78, 5) is 8.50. The Morgan fingerprint density at radius 1 is 0.967 bits per heavy atom. The zero-order chi connectivity index (χ0) is 21.3. The molecule has 0 amide bonds. The Bertz CT molecular complexity index is 945. The average molecular weight is 412 g/mol. The SMILES string of the molecule is CN(C)c1ccc(C=Cc2nc3ccc(OCCN(CCO)CCO)cc3o2)cc1. The van der Waals surface area contributed by atoms with E-state index in [4.69, 9.17) is 19.4 Å². The van der Waals surface area contributed by atoms with Crippen LogP contribution in [0.15, 0.2) is 46.9 Å². The molecule has 7 nitrogen and oxygen atoms in total. The second-order valence-corrected chi connectivity index (χ2v) is 7.14. The molecule has 0 saturated carbocycles. The zero-order valence-corrected chi connectivity index (χ0v) is 17.5. The van der Waals surface area contributed by atoms with Crippen LogP contribution in [0, 0.1) is 0 Å². The number of fused-ring (bicyclic) bond motifs is 1. The van der Waals surface area contributed by atoms with E-state index in [0.29, 0.717) is 43.5 Å². The number of aliphatic hydroxyl groups is 2. The highest BCUT2D eigenvalue weighted by atomic mass is 16.5. The molecule has 0 radical (unpaired) electrons. The predicted octanol–water partition coefficient (Wildman–Crippen LogP) is 2.73. The first-order valence-electron chi connectivity index (χ1n) is 10.0. The van der Waals surface area contributed by atoms with Gasteiger partial charge in [0.25, 0.3) is 0 Å². The minimum absolute atomic E-state index is 0.0557. The zero-order valence-electron chi connectivity index (χ0n) is 17.5. The lowest BCUT2D eigenvalue weighted by atomic mass is 10.2. The molecule has 0 fully saturated rings. The quantitative estimate of drug-likeness (QED) is 0.502. The van der Waals surface area contributed by atoms with Gasteiger partial charge in [-0.1, -0.05) is 12.1 Å². The number of anilines is 1. The van der Waals surface area contributed by atoms with E-state index >= 15 is 0 Å². The minimum Gasteiger partial charge on any atom is -0.492 e. The van der Waals surface area contributed by atoms with Crippen LogP contribution in [0.25, 0.3) is 23.3 Å². The fraction of sp³-hybridized carbons (Fsp3) is 0.348. The van der Waals surface area contributed by atoms with Crippen molar-refractivity contribution in [1.29, 1.82) is 0 Å². The summed E-state index contributed by atoms with van der Waals surface area (Å²) < 4.78 is 11.6. The fourth-order valence-corrected chi connectivity index (χ4v) is 3.05. The molecule has 0 aliphatic carbocycles. The molecule has 0 bridgehead atoms. The van der Waals surface area contributed by atoms with Crippen molar-refractivity contribution < 1.29 is 19.4 Å². The van der Waals surface area contributed by atoms with E-state index in [1.165, 1.54) is 0 Å². The highest BCUT2D eigenvalue weighted by Gasteiger charge is 2.07. The van der Waals surface area contributed by atoms with Gasteiger partial charge < -0.3 is 24.3 Å². The Labute approximate surface area is 176 Å². The summed E-state index contributed by atoms with van der Waals surface area (Å²) >= 11 is 0. The lowest BCUT2D eigenvalue weighted by Gasteiger charge is -2.19. The summed E-state index contributed by atoms with van der Waals surface area (Å²) in [5, 5.41) is 18.1. The van der Waals surface area contributed by atoms with Crippen molar-refractivity contribution in [1.82, 2.24) is 9.88 Å². The maximum Gasteiger partial charge on any atom is 0.220 e. The molecule has 30 heavy (non-hydrogen) atoms. The Balaban J connectivity index is 1.61. The smallest absolute Gasteiger partial charge is 0.220 e. The molecule has 1 aromatic heterocycles. The summed E-state index contributed by atoms with van der Waals surface area (Å²) in [5.41, 5.74) is 3.66. The molecule has 3 rings (SSSR count). The third-order valence-corrected chi connectivity index (χ3v) is 4.71. The van der Waals surface area contributed by atoms with Crippen molar-refractivity contribution in [3.63, 3.8) is 0 Å². The molecule has 1 heterocycles. The molecular weight excluding hydrogens is 382 g/mol. The number of aromatic nitrogens is 1. The Kier molecular flexibility index (Phi) is 7.84. The summed E-state index contributed by atoms with van der Waals surface area (Å²) in [6.07, 6.45) is 3.82. The standard InChI is InChI=1S/C23H29N3O4/c1-25(2)19-6-3-18(4-7-19)5-10-23-24-21-9-8-20(17-22(21)30-23)29-16-13-26(11-14-27)12-15-28/h3-10,17,27-28H,11-16H2,1-2H3. The van der Waals surface area contributed by atoms with Gasteiger partial charge in [0.05, 0.1) is 13.2 Å². The van der Waals surface area contributed by atoms with Gasteiger partial charge in [-0.25, -0.2) is 4.98 Å². The number of aliphatic hydroxyl groups excluding tert-OH is 2. The summed E-state index contributed by atoms with van der Waals surface area (Å²) in [5.74, 6) is 1.23. The number of benzene rings is 2. The Hall–Kier alpha value is -2.87. The van der Waals surface area contributed by atoms with Gasteiger partial charge in [0.15, 0.2) is 5.58 Å². The summed E-state index contributed by atoms with van der Waals surface area (Å²) in [6.45, 7) is 2.21. The van der Waals surface area contributed by atoms with Crippen molar-refractivity contribution in [2.75, 3.05) is 58.5 Å². The van der Waals surface area contributed by atoms with Gasteiger partial charge in [0, 0.05) is 51.6 Å². The van der Waals surface area contributed by atoms with Gasteiger partial charge in [-0.15, -0.1) is 0 Å². The van der Waals surface area contributed by atoms with Crippen molar-refractivity contribution in [2.24, 2.45) is 0 Å². The average Bonchev–Trinajstić information content (AvgIpc) is 3.15. The van der Waals surface area contributed by atoms with Crippen LogP contribution >= 0.6 is 0 Å². The topological polar surface area (TPSA) is 82.2 Å². The maximum absolute atomic E-state index is 9.06. The van der Waals surface area contributed by atoms with Gasteiger partial charge in [0.1, 0.15) is 17.9 Å². The van der Waals surface area contributed by atoms with Crippen LogP contribution < -0.4 is 9.64 Å². The van der Waals surface area contributed by atoms with Gasteiger partial charge in [-0.2, -0.15) is 0 Å². The Morgan fingerprint density at radius 3 is 2.37 bits per heavy atom. The van der Waals surface area contributed by atoms with Crippen molar-refractivity contribution in [3.8, 4) is 5.75 Å². The normalized spacial score (nSPS) is 11.6. The molecular formula is C23H29N3O4. The van der Waals surface area contributed by atoms with Crippen LogP contribution in [-0.2, 0) is 0 Å². The van der Waals surface area contributed by atoms with Crippen molar-refractivity contribution >= 4 is 28.9 Å². The monoisotopic (exact) mass is 411 g/mol. The van der Waals surface area contributed by atoms with Crippen LogP contribution in [-0.4, -0.2) is 73.6 Å². The van der Waals surface area contributed by atoms with E-state index in [0.717, 1.165) is 16.8 Å². The van der Waals surface area contributed by atoms with Crippen molar-refractivity contribution in [2.45, 2.75) is 0 Å². The van der Waals surface area contributed by atoms with Crippen LogP contribution in [0.1, 0.15) is 11.5 Å². The predicted molar refractivity (Wildman–Crippen MR) is 120 cm³/mol. The first-order valence-corrected chi connectivity index (χ1v) is 10.0.